The van der Waals surface area contributed by atoms with Gasteiger partial charge < -0.3 is 20.9 Å². The van der Waals surface area contributed by atoms with E-state index in [9.17, 15) is 4.79 Å². The Bertz CT molecular complexity index is 866. The minimum Gasteiger partial charge on any atom is -0.366 e. The van der Waals surface area contributed by atoms with Gasteiger partial charge in [0.05, 0.1) is 11.7 Å². The first kappa shape index (κ1) is 16.5. The molecule has 1 atom stereocenters. The maximum atomic E-state index is 12.0. The molecule has 1 saturated heterocycles. The summed E-state index contributed by atoms with van der Waals surface area (Å²) in [5.74, 6) is 2.10. The molecule has 1 fully saturated rings. The number of ketones is 1. The van der Waals surface area contributed by atoms with Gasteiger partial charge in [0.15, 0.2) is 11.6 Å². The fourth-order valence-electron chi connectivity index (χ4n) is 3.75. The van der Waals surface area contributed by atoms with Crippen molar-refractivity contribution >= 4 is 23.1 Å². The molecule has 2 aliphatic heterocycles. The predicted octanol–water partition coefficient (Wildman–Crippen LogP) is 2.12. The third-order valence-electron chi connectivity index (χ3n) is 4.93. The van der Waals surface area contributed by atoms with Crippen LogP contribution in [0.25, 0.3) is 0 Å². The second-order valence-corrected chi connectivity index (χ2v) is 6.64. The van der Waals surface area contributed by atoms with E-state index in [1.165, 1.54) is 6.92 Å². The Morgan fingerprint density at radius 1 is 1.46 bits per heavy atom. The van der Waals surface area contributed by atoms with Gasteiger partial charge in [-0.1, -0.05) is 12.6 Å². The van der Waals surface area contributed by atoms with Crippen LogP contribution in [0.3, 0.4) is 0 Å². The highest BCUT2D eigenvalue weighted by atomic mass is 16.1. The highest BCUT2D eigenvalue weighted by Crippen LogP contribution is 2.43. The van der Waals surface area contributed by atoms with E-state index in [-0.39, 0.29) is 11.8 Å². The zero-order valence-corrected chi connectivity index (χ0v) is 14.8. The van der Waals surface area contributed by atoms with Crippen molar-refractivity contribution in [3.63, 3.8) is 0 Å². The van der Waals surface area contributed by atoms with Crippen LogP contribution in [0, 0.1) is 0 Å². The molecular formula is C19H22N6O. The van der Waals surface area contributed by atoms with Crippen molar-refractivity contribution in [2.45, 2.75) is 25.9 Å². The van der Waals surface area contributed by atoms with Crippen molar-refractivity contribution in [2.24, 2.45) is 5.73 Å². The van der Waals surface area contributed by atoms with Gasteiger partial charge >= 0.3 is 0 Å². The van der Waals surface area contributed by atoms with Gasteiger partial charge in [0.1, 0.15) is 17.3 Å². The van der Waals surface area contributed by atoms with Crippen LogP contribution in [-0.2, 0) is 6.54 Å². The van der Waals surface area contributed by atoms with Crippen LogP contribution in [0.4, 0.5) is 17.3 Å². The summed E-state index contributed by atoms with van der Waals surface area (Å²) in [5, 5.41) is 3.27. The highest BCUT2D eigenvalue weighted by Gasteiger charge is 2.39. The standard InChI is InChI=1S/C19H22N6O/c1-12(26)16-9-14(10-20)18-19(23-16)25(15-6-8-24(18)11-15)13(2)22-17-5-3-4-7-21-17/h3-5,7,9,15H,2,6,8,10-11,20H2,1H3,(H,21,22). The Hall–Kier alpha value is -2.93. The number of aromatic nitrogens is 2. The van der Waals surface area contributed by atoms with Crippen LogP contribution in [0.5, 0.6) is 0 Å². The van der Waals surface area contributed by atoms with Gasteiger partial charge in [0.25, 0.3) is 0 Å². The number of rotatable bonds is 5. The second kappa shape index (κ2) is 6.42. The van der Waals surface area contributed by atoms with Crippen molar-refractivity contribution in [3.05, 3.63) is 54.1 Å². The van der Waals surface area contributed by atoms with E-state index in [0.29, 0.717) is 18.1 Å². The first-order valence-electron chi connectivity index (χ1n) is 8.74. The minimum atomic E-state index is -0.0707. The molecule has 0 amide bonds. The fourth-order valence-corrected chi connectivity index (χ4v) is 3.75. The number of Topliss-reactive ketones (excluding diaryl/α,β-unsaturated/α-hetero) is 1. The molecule has 2 aliphatic rings. The summed E-state index contributed by atoms with van der Waals surface area (Å²) in [6.07, 6.45) is 2.73. The molecule has 7 nitrogen and oxygen atoms in total. The lowest BCUT2D eigenvalue weighted by molar-refractivity contribution is 0.101. The molecular weight excluding hydrogens is 328 g/mol. The lowest BCUT2D eigenvalue weighted by Crippen LogP contribution is -2.44. The Kier molecular flexibility index (Phi) is 4.08. The predicted molar refractivity (Wildman–Crippen MR) is 102 cm³/mol. The van der Waals surface area contributed by atoms with Gasteiger partial charge in [0, 0.05) is 32.8 Å². The van der Waals surface area contributed by atoms with E-state index < -0.39 is 0 Å². The van der Waals surface area contributed by atoms with Gasteiger partial charge in [-0.3, -0.25) is 4.79 Å². The monoisotopic (exact) mass is 350 g/mol. The molecule has 4 heterocycles. The number of nitrogens with zero attached hydrogens (tertiary/aromatic N) is 4. The number of carbonyl (C=O) groups is 1. The van der Waals surface area contributed by atoms with E-state index in [2.05, 4.69) is 31.7 Å². The first-order valence-corrected chi connectivity index (χ1v) is 8.74. The second-order valence-electron chi connectivity index (χ2n) is 6.64. The lowest BCUT2D eigenvalue weighted by Gasteiger charge is -2.39. The zero-order valence-electron chi connectivity index (χ0n) is 14.8. The summed E-state index contributed by atoms with van der Waals surface area (Å²) in [7, 11) is 0. The number of hydrogen-bond acceptors (Lipinski definition) is 7. The van der Waals surface area contributed by atoms with Crippen molar-refractivity contribution in [3.8, 4) is 0 Å². The third-order valence-corrected chi connectivity index (χ3v) is 4.93. The summed E-state index contributed by atoms with van der Waals surface area (Å²) in [6, 6.07) is 7.75. The fraction of sp³-hybridized carbons (Fsp3) is 0.316. The summed E-state index contributed by atoms with van der Waals surface area (Å²) < 4.78 is 0. The van der Waals surface area contributed by atoms with E-state index in [4.69, 9.17) is 5.73 Å². The average molecular weight is 350 g/mol. The third kappa shape index (κ3) is 2.70. The Labute approximate surface area is 152 Å². The number of nitrogens with two attached hydrogens (primary N) is 1. The zero-order chi connectivity index (χ0) is 18.3. The summed E-state index contributed by atoms with van der Waals surface area (Å²) >= 11 is 0. The molecule has 0 saturated carbocycles. The largest absolute Gasteiger partial charge is 0.366 e. The van der Waals surface area contributed by atoms with E-state index in [1.54, 1.807) is 6.20 Å². The molecule has 134 valence electrons. The van der Waals surface area contributed by atoms with Gasteiger partial charge in [-0.2, -0.15) is 0 Å². The molecule has 2 aromatic rings. The average Bonchev–Trinajstić information content (AvgIpc) is 3.05. The molecule has 4 rings (SSSR count). The molecule has 3 N–H and O–H groups in total. The van der Waals surface area contributed by atoms with Crippen molar-refractivity contribution in [1.82, 2.24) is 9.97 Å². The Morgan fingerprint density at radius 3 is 3.00 bits per heavy atom. The van der Waals surface area contributed by atoms with Crippen molar-refractivity contribution in [2.75, 3.05) is 28.2 Å². The summed E-state index contributed by atoms with van der Waals surface area (Å²) in [4.78, 5) is 25.3. The number of fused-ring (bicyclic) bond motifs is 4. The molecule has 2 aromatic heterocycles. The Balaban J connectivity index is 1.78. The number of nitrogens with one attached hydrogen (secondary N) is 1. The van der Waals surface area contributed by atoms with Gasteiger partial charge in [-0.05, 0) is 30.2 Å². The maximum absolute atomic E-state index is 12.0. The molecule has 0 aliphatic carbocycles. The smallest absolute Gasteiger partial charge is 0.178 e. The molecule has 0 aromatic carbocycles. The van der Waals surface area contributed by atoms with Crippen molar-refractivity contribution < 1.29 is 4.79 Å². The quantitative estimate of drug-likeness (QED) is 0.799. The van der Waals surface area contributed by atoms with Gasteiger partial charge in [0.2, 0.25) is 0 Å². The minimum absolute atomic E-state index is 0.0707. The number of carbonyl (C=O) groups excluding carboxylic acids is 1. The SMILES string of the molecule is C=C(Nc1ccccn1)N1c2nc(C(C)=O)cc(CN)c2N2CCC1C2. The van der Waals surface area contributed by atoms with E-state index in [0.717, 1.165) is 42.4 Å². The summed E-state index contributed by atoms with van der Waals surface area (Å²) in [6.45, 7) is 7.94. The number of pyridine rings is 2. The van der Waals surface area contributed by atoms with Crippen LogP contribution >= 0.6 is 0 Å². The molecule has 0 spiro atoms. The van der Waals surface area contributed by atoms with Crippen LogP contribution in [0.1, 0.15) is 29.4 Å². The Morgan fingerprint density at radius 2 is 2.31 bits per heavy atom. The van der Waals surface area contributed by atoms with E-state index >= 15 is 0 Å². The van der Waals surface area contributed by atoms with Crippen LogP contribution in [0.2, 0.25) is 0 Å². The molecule has 26 heavy (non-hydrogen) atoms. The highest BCUT2D eigenvalue weighted by molar-refractivity contribution is 5.94. The van der Waals surface area contributed by atoms with Crippen LogP contribution in [-0.4, -0.2) is 34.9 Å². The van der Waals surface area contributed by atoms with Crippen molar-refractivity contribution in [1.29, 1.82) is 0 Å². The van der Waals surface area contributed by atoms with Crippen LogP contribution < -0.4 is 20.9 Å². The van der Waals surface area contributed by atoms with E-state index in [1.807, 2.05) is 24.3 Å². The van der Waals surface area contributed by atoms with Gasteiger partial charge in [-0.25, -0.2) is 9.97 Å². The molecule has 1 unspecified atom stereocenters. The topological polar surface area (TPSA) is 87.4 Å². The first-order chi connectivity index (χ1) is 12.6. The number of hydrogen-bond donors (Lipinski definition) is 2. The maximum Gasteiger partial charge on any atom is 0.178 e. The van der Waals surface area contributed by atoms with Crippen LogP contribution in [0.15, 0.2) is 42.9 Å². The summed E-state index contributed by atoms with van der Waals surface area (Å²) in [5.41, 5.74) is 8.37. The lowest BCUT2D eigenvalue weighted by atomic mass is 10.1. The van der Waals surface area contributed by atoms with Gasteiger partial charge in [-0.15, -0.1) is 0 Å². The number of anilines is 3. The molecule has 7 heteroatoms. The normalized spacial score (nSPS) is 17.8. The molecule has 0 radical (unpaired) electrons. The molecule has 2 bridgehead atoms.